The lowest BCUT2D eigenvalue weighted by atomic mass is 10.1. The number of hydrogen-bond donors (Lipinski definition) is 1. The van der Waals surface area contributed by atoms with Crippen molar-refractivity contribution < 1.29 is 37.0 Å². The molecule has 0 bridgehead atoms. The lowest BCUT2D eigenvalue weighted by molar-refractivity contribution is -0.137. The topological polar surface area (TPSA) is 77.1 Å². The highest BCUT2D eigenvalue weighted by molar-refractivity contribution is 5.98. The molecule has 0 saturated carbocycles. The molecular formula is C22H21F3N2O5. The molecule has 170 valence electrons. The Morgan fingerprint density at radius 2 is 1.91 bits per heavy atom. The number of alkyl halides is 3. The molecule has 10 heteroatoms. The van der Waals surface area contributed by atoms with Crippen molar-refractivity contribution in [2.45, 2.75) is 6.18 Å². The number of benzene rings is 2. The zero-order chi connectivity index (χ0) is 23.1. The van der Waals surface area contributed by atoms with Gasteiger partial charge in [-0.3, -0.25) is 9.59 Å². The molecule has 1 aliphatic rings. The molecule has 1 aliphatic heterocycles. The number of amides is 2. The predicted octanol–water partition coefficient (Wildman–Crippen LogP) is 3.56. The minimum absolute atomic E-state index is 0.0785. The predicted molar refractivity (Wildman–Crippen MR) is 110 cm³/mol. The Bertz CT molecular complexity index is 1010. The van der Waals surface area contributed by atoms with Crippen LogP contribution in [0.2, 0.25) is 0 Å². The van der Waals surface area contributed by atoms with Crippen LogP contribution in [0.15, 0.2) is 48.5 Å². The van der Waals surface area contributed by atoms with E-state index in [1.807, 2.05) is 0 Å². The van der Waals surface area contributed by atoms with E-state index < -0.39 is 30.1 Å². The van der Waals surface area contributed by atoms with Gasteiger partial charge in [0.05, 0.1) is 17.9 Å². The zero-order valence-corrected chi connectivity index (χ0v) is 17.1. The second kappa shape index (κ2) is 10.2. The summed E-state index contributed by atoms with van der Waals surface area (Å²) in [6.07, 6.45) is -1.81. The number of methoxy groups -OCH3 is 1. The van der Waals surface area contributed by atoms with E-state index in [9.17, 15) is 22.8 Å². The van der Waals surface area contributed by atoms with Crippen LogP contribution in [0.25, 0.3) is 6.08 Å². The molecule has 2 aromatic rings. The number of nitrogens with one attached hydrogen (secondary N) is 1. The molecule has 0 atom stereocenters. The van der Waals surface area contributed by atoms with Gasteiger partial charge in [0.15, 0.2) is 11.5 Å². The quantitative estimate of drug-likeness (QED) is 0.623. The SMILES string of the molecule is COCCN(CC(=O)Nc1ccccc1C(F)(F)F)C(=O)C=Cc1ccc2c(c1)OCO2. The number of fused-ring (bicyclic) bond motifs is 1. The Morgan fingerprint density at radius 1 is 1.16 bits per heavy atom. The number of ether oxygens (including phenoxy) is 3. The summed E-state index contributed by atoms with van der Waals surface area (Å²) in [5.41, 5.74) is -0.663. The Kier molecular flexibility index (Phi) is 7.37. The minimum Gasteiger partial charge on any atom is -0.454 e. The van der Waals surface area contributed by atoms with Crippen molar-refractivity contribution in [3.8, 4) is 11.5 Å². The summed E-state index contributed by atoms with van der Waals surface area (Å²) in [5.74, 6) is -0.105. The number of carbonyl (C=O) groups is 2. The van der Waals surface area contributed by atoms with E-state index in [1.54, 1.807) is 24.3 Å². The average Bonchev–Trinajstić information content (AvgIpc) is 3.22. The van der Waals surface area contributed by atoms with E-state index in [1.165, 1.54) is 30.2 Å². The number of rotatable bonds is 8. The highest BCUT2D eigenvalue weighted by atomic mass is 19.4. The molecule has 2 amide bonds. The smallest absolute Gasteiger partial charge is 0.418 e. The van der Waals surface area contributed by atoms with Crippen LogP contribution in [0.3, 0.4) is 0 Å². The van der Waals surface area contributed by atoms with E-state index in [0.717, 1.165) is 12.1 Å². The Hall–Kier alpha value is -3.53. The van der Waals surface area contributed by atoms with Crippen molar-refractivity contribution in [1.29, 1.82) is 0 Å². The maximum absolute atomic E-state index is 13.1. The third kappa shape index (κ3) is 6.01. The maximum Gasteiger partial charge on any atom is 0.418 e. The van der Waals surface area contributed by atoms with Gasteiger partial charge >= 0.3 is 6.18 Å². The zero-order valence-electron chi connectivity index (χ0n) is 17.1. The summed E-state index contributed by atoms with van der Waals surface area (Å²) >= 11 is 0. The summed E-state index contributed by atoms with van der Waals surface area (Å²) in [7, 11) is 1.44. The summed E-state index contributed by atoms with van der Waals surface area (Å²) < 4.78 is 54.9. The van der Waals surface area contributed by atoms with Crippen LogP contribution >= 0.6 is 0 Å². The first-order valence-electron chi connectivity index (χ1n) is 9.59. The van der Waals surface area contributed by atoms with Crippen LogP contribution in [0.4, 0.5) is 18.9 Å². The van der Waals surface area contributed by atoms with Crippen LogP contribution < -0.4 is 14.8 Å². The molecule has 32 heavy (non-hydrogen) atoms. The van der Waals surface area contributed by atoms with Gasteiger partial charge in [0.1, 0.15) is 6.54 Å². The minimum atomic E-state index is -4.62. The molecule has 3 rings (SSSR count). The molecule has 0 aliphatic carbocycles. The molecular weight excluding hydrogens is 429 g/mol. The van der Waals surface area contributed by atoms with Crippen molar-refractivity contribution in [2.75, 3.05) is 38.9 Å². The third-order valence-corrected chi connectivity index (χ3v) is 4.53. The molecule has 0 fully saturated rings. The first-order chi connectivity index (χ1) is 15.3. The van der Waals surface area contributed by atoms with Gasteiger partial charge in [-0.1, -0.05) is 18.2 Å². The molecule has 7 nitrogen and oxygen atoms in total. The average molecular weight is 450 g/mol. The van der Waals surface area contributed by atoms with Gasteiger partial charge < -0.3 is 24.4 Å². The van der Waals surface area contributed by atoms with Gasteiger partial charge in [-0.25, -0.2) is 0 Å². The van der Waals surface area contributed by atoms with Crippen LogP contribution in [-0.2, 0) is 20.5 Å². The summed E-state index contributed by atoms with van der Waals surface area (Å²) in [6.45, 7) is -0.0934. The molecule has 0 saturated heterocycles. The Labute approximate surface area is 182 Å². The first-order valence-corrected chi connectivity index (χ1v) is 9.59. The number of para-hydroxylation sites is 1. The van der Waals surface area contributed by atoms with E-state index in [4.69, 9.17) is 14.2 Å². The van der Waals surface area contributed by atoms with Gasteiger partial charge in [-0.2, -0.15) is 13.2 Å². The van der Waals surface area contributed by atoms with Crippen LogP contribution in [-0.4, -0.2) is 50.3 Å². The number of halogens is 3. The monoisotopic (exact) mass is 450 g/mol. The van der Waals surface area contributed by atoms with Crippen molar-refractivity contribution >= 4 is 23.6 Å². The lowest BCUT2D eigenvalue weighted by Gasteiger charge is -2.21. The van der Waals surface area contributed by atoms with E-state index in [2.05, 4.69) is 5.32 Å². The molecule has 0 radical (unpaired) electrons. The normalized spacial score (nSPS) is 12.8. The van der Waals surface area contributed by atoms with Gasteiger partial charge in [0.25, 0.3) is 0 Å². The number of nitrogens with zero attached hydrogens (tertiary/aromatic N) is 1. The number of carbonyl (C=O) groups excluding carboxylic acids is 2. The van der Waals surface area contributed by atoms with Gasteiger partial charge in [0.2, 0.25) is 18.6 Å². The second-order valence-corrected chi connectivity index (χ2v) is 6.79. The molecule has 2 aromatic carbocycles. The molecule has 1 heterocycles. The van der Waals surface area contributed by atoms with Crippen molar-refractivity contribution in [3.63, 3.8) is 0 Å². The number of hydrogen-bond acceptors (Lipinski definition) is 5. The van der Waals surface area contributed by atoms with Crippen LogP contribution in [0.1, 0.15) is 11.1 Å². The number of anilines is 1. The second-order valence-electron chi connectivity index (χ2n) is 6.79. The van der Waals surface area contributed by atoms with Gasteiger partial charge in [-0.15, -0.1) is 0 Å². The van der Waals surface area contributed by atoms with Crippen molar-refractivity contribution in [1.82, 2.24) is 4.90 Å². The summed E-state index contributed by atoms with van der Waals surface area (Å²) in [6, 6.07) is 9.78. The molecule has 0 unspecified atom stereocenters. The molecule has 0 aromatic heterocycles. The fraction of sp³-hybridized carbons (Fsp3) is 0.273. The fourth-order valence-electron chi connectivity index (χ4n) is 2.96. The summed E-state index contributed by atoms with van der Waals surface area (Å²) in [5, 5.41) is 2.23. The highest BCUT2D eigenvalue weighted by Crippen LogP contribution is 2.34. The van der Waals surface area contributed by atoms with Crippen molar-refractivity contribution in [2.24, 2.45) is 0 Å². The van der Waals surface area contributed by atoms with Gasteiger partial charge in [0, 0.05) is 19.7 Å². The molecule has 1 N–H and O–H groups in total. The van der Waals surface area contributed by atoms with Crippen molar-refractivity contribution in [3.05, 3.63) is 59.7 Å². The van der Waals surface area contributed by atoms with Crippen LogP contribution in [0.5, 0.6) is 11.5 Å². The fourth-order valence-corrected chi connectivity index (χ4v) is 2.96. The first kappa shape index (κ1) is 23.1. The lowest BCUT2D eigenvalue weighted by Crippen LogP contribution is -2.39. The standard InChI is InChI=1S/C22H21F3N2O5/c1-30-11-10-27(13-20(28)26-17-5-3-2-4-16(17)22(23,24)25)21(29)9-7-15-6-8-18-19(12-15)32-14-31-18/h2-9,12H,10-11,13-14H2,1H3,(H,26,28). The van der Waals surface area contributed by atoms with Gasteiger partial charge in [-0.05, 0) is 35.9 Å². The summed E-state index contributed by atoms with van der Waals surface area (Å²) in [4.78, 5) is 26.2. The van der Waals surface area contributed by atoms with E-state index >= 15 is 0 Å². The highest BCUT2D eigenvalue weighted by Gasteiger charge is 2.33. The maximum atomic E-state index is 13.1. The largest absolute Gasteiger partial charge is 0.454 e. The van der Waals surface area contributed by atoms with E-state index in [0.29, 0.717) is 17.1 Å². The van der Waals surface area contributed by atoms with E-state index in [-0.39, 0.29) is 25.6 Å². The van der Waals surface area contributed by atoms with Crippen LogP contribution in [0, 0.1) is 0 Å². The molecule has 0 spiro atoms. The third-order valence-electron chi connectivity index (χ3n) is 4.53. The Balaban J connectivity index is 1.68. The Morgan fingerprint density at radius 3 is 2.66 bits per heavy atom.